The molecule has 0 amide bonds. The molecular weight excluding hydrogens is 805 g/mol. The van der Waals surface area contributed by atoms with Gasteiger partial charge in [0.15, 0.2) is 11.7 Å². The predicted octanol–water partition coefficient (Wildman–Crippen LogP) is 7.48. The van der Waals surface area contributed by atoms with E-state index >= 15 is 0 Å². The van der Waals surface area contributed by atoms with Gasteiger partial charge in [0.1, 0.15) is 25.6 Å². The molecule has 7 rings (SSSR count). The molecule has 4 aromatic carbocycles. The first-order chi connectivity index (χ1) is 29.5. The third-order valence-corrected chi connectivity index (χ3v) is 22.1. The highest BCUT2D eigenvalue weighted by molar-refractivity contribution is 7.00. The van der Waals surface area contributed by atoms with Crippen LogP contribution in [0.15, 0.2) is 145 Å². The van der Waals surface area contributed by atoms with Crippen LogP contribution >= 0.6 is 0 Å². The van der Waals surface area contributed by atoms with E-state index < -0.39 is 52.1 Å². The highest BCUT2D eigenvalue weighted by Gasteiger charge is 2.72. The first kappa shape index (κ1) is 45.2. The second-order valence-corrected chi connectivity index (χ2v) is 27.9. The Balaban J connectivity index is 1.44. The standard InChI is InChI=1S/C53H60O7Si2/c1-50(2,3)49(54)56-37-46(57-38-55-10)39-24-23-33-47-53(58-47)40(35-34-39)36-45(59-61(51(4,5)6,41-25-15-11-16-26-41)42-27-17-12-18-28-42)48(53)60-62(52(7,8)9,43-29-19-13-20-30-43)44-31-21-14-22-32-44/h11-22,24-32,36,45-48H,37-38H2,1-10H3/b39-24+/t45-,46-,47-,48+,53+/m0/s1. The number of methoxy groups -OCH3 is 1. The summed E-state index contributed by atoms with van der Waals surface area (Å²) in [5.41, 5.74) is -0.417. The number of ether oxygens (including phenoxy) is 4. The van der Waals surface area contributed by atoms with E-state index in [2.05, 4.69) is 193 Å². The van der Waals surface area contributed by atoms with Crippen molar-refractivity contribution in [3.05, 3.63) is 145 Å². The molecule has 1 spiro atoms. The predicted molar refractivity (Wildman–Crippen MR) is 251 cm³/mol. The van der Waals surface area contributed by atoms with Crippen LogP contribution in [-0.4, -0.2) is 73.1 Å². The number of carbonyl (C=O) groups excluding carboxylic acids is 1. The van der Waals surface area contributed by atoms with Gasteiger partial charge in [0, 0.05) is 24.3 Å². The van der Waals surface area contributed by atoms with E-state index in [0.29, 0.717) is 5.57 Å². The van der Waals surface area contributed by atoms with Crippen LogP contribution in [0.3, 0.4) is 0 Å². The molecule has 62 heavy (non-hydrogen) atoms. The van der Waals surface area contributed by atoms with E-state index in [1.54, 1.807) is 13.2 Å². The number of esters is 1. The van der Waals surface area contributed by atoms with Gasteiger partial charge >= 0.3 is 5.97 Å². The van der Waals surface area contributed by atoms with Crippen molar-refractivity contribution >= 4 is 43.4 Å². The van der Waals surface area contributed by atoms with E-state index in [4.69, 9.17) is 27.8 Å². The minimum atomic E-state index is -3.23. The van der Waals surface area contributed by atoms with E-state index in [1.165, 1.54) is 0 Å². The molecule has 1 fully saturated rings. The minimum Gasteiger partial charge on any atom is -0.462 e. The second-order valence-electron chi connectivity index (χ2n) is 19.4. The summed E-state index contributed by atoms with van der Waals surface area (Å²) in [6, 6.07) is 42.7. The lowest BCUT2D eigenvalue weighted by Crippen LogP contribution is -2.71. The molecule has 2 aliphatic carbocycles. The van der Waals surface area contributed by atoms with Crippen LogP contribution in [0, 0.1) is 29.1 Å². The molecule has 4 aromatic rings. The lowest BCUT2D eigenvalue weighted by atomic mass is 9.95. The van der Waals surface area contributed by atoms with Crippen molar-refractivity contribution in [3.63, 3.8) is 0 Å². The fraction of sp³-hybridized carbons (Fsp3) is 0.377. The summed E-state index contributed by atoms with van der Waals surface area (Å²) in [7, 11) is -4.85. The maximum atomic E-state index is 12.9. The summed E-state index contributed by atoms with van der Waals surface area (Å²) < 4.78 is 40.3. The summed E-state index contributed by atoms with van der Waals surface area (Å²) in [4.78, 5) is 12.9. The maximum Gasteiger partial charge on any atom is 0.311 e. The van der Waals surface area contributed by atoms with Crippen molar-refractivity contribution in [2.24, 2.45) is 5.41 Å². The van der Waals surface area contributed by atoms with Crippen LogP contribution in [0.5, 0.6) is 0 Å². The third-order valence-electron chi connectivity index (χ3n) is 12.1. The van der Waals surface area contributed by atoms with Gasteiger partial charge in [-0.15, -0.1) is 0 Å². The molecule has 322 valence electrons. The maximum absolute atomic E-state index is 12.9. The molecule has 0 aromatic heterocycles. The van der Waals surface area contributed by atoms with Gasteiger partial charge in [-0.3, -0.25) is 4.79 Å². The highest BCUT2D eigenvalue weighted by atomic mass is 28.4. The van der Waals surface area contributed by atoms with E-state index in [1.807, 2.05) is 20.8 Å². The molecule has 0 radical (unpaired) electrons. The van der Waals surface area contributed by atoms with Crippen molar-refractivity contribution in [2.75, 3.05) is 20.5 Å². The molecular formula is C53H60O7Si2. The largest absolute Gasteiger partial charge is 0.462 e. The summed E-state index contributed by atoms with van der Waals surface area (Å²) in [6.07, 6.45) is 1.39. The fourth-order valence-corrected chi connectivity index (χ4v) is 18.3. The molecule has 1 heterocycles. The Bertz CT molecular complexity index is 2310. The van der Waals surface area contributed by atoms with Crippen LogP contribution in [0.2, 0.25) is 10.1 Å². The zero-order chi connectivity index (χ0) is 44.4. The van der Waals surface area contributed by atoms with E-state index in [9.17, 15) is 4.79 Å². The number of hydrogen-bond donors (Lipinski definition) is 0. The number of carbonyl (C=O) groups is 1. The number of rotatable bonds is 14. The van der Waals surface area contributed by atoms with Crippen molar-refractivity contribution in [3.8, 4) is 23.7 Å². The Morgan fingerprint density at radius 2 is 1.16 bits per heavy atom. The van der Waals surface area contributed by atoms with Crippen molar-refractivity contribution in [1.29, 1.82) is 0 Å². The van der Waals surface area contributed by atoms with Gasteiger partial charge < -0.3 is 27.8 Å². The molecule has 0 unspecified atom stereocenters. The number of epoxide rings is 1. The van der Waals surface area contributed by atoms with Crippen LogP contribution in [0.4, 0.5) is 0 Å². The second kappa shape index (κ2) is 17.7. The molecule has 3 aliphatic rings. The van der Waals surface area contributed by atoms with Gasteiger partial charge in [-0.05, 0) is 57.7 Å². The zero-order valence-electron chi connectivity index (χ0n) is 37.8. The summed E-state index contributed by atoms with van der Waals surface area (Å²) in [6.45, 7) is 19.1. The zero-order valence-corrected chi connectivity index (χ0v) is 39.8. The number of benzene rings is 4. The third kappa shape index (κ3) is 8.48. The van der Waals surface area contributed by atoms with E-state index in [0.717, 1.165) is 26.3 Å². The average molecular weight is 865 g/mol. The number of allylic oxidation sites excluding steroid dienone is 1. The van der Waals surface area contributed by atoms with Crippen molar-refractivity contribution in [1.82, 2.24) is 0 Å². The highest BCUT2D eigenvalue weighted by Crippen LogP contribution is 2.55. The fourth-order valence-electron chi connectivity index (χ4n) is 8.95. The van der Waals surface area contributed by atoms with Crippen LogP contribution in [-0.2, 0) is 32.6 Å². The molecule has 0 saturated carbocycles. The SMILES string of the molecule is COCO[C@@H](COC(=O)C(C)(C)C)/C1=C/C#C[C@@H]2O[C@]23C(=C[C@H](O[Si](c2ccccc2)(c2ccccc2)C(C)(C)C)[C@H]3O[Si](c2ccccc2)(c2ccccc2)C(C)(C)C)C#C1. The summed E-state index contributed by atoms with van der Waals surface area (Å²) in [5.74, 6) is 13.3. The Labute approximate surface area is 371 Å². The normalized spacial score (nSPS) is 22.3. The van der Waals surface area contributed by atoms with Gasteiger partial charge in [-0.25, -0.2) is 0 Å². The average Bonchev–Trinajstić information content (AvgIpc) is 3.88. The molecule has 0 N–H and O–H groups in total. The van der Waals surface area contributed by atoms with Gasteiger partial charge in [0.25, 0.3) is 16.6 Å². The lowest BCUT2D eigenvalue weighted by molar-refractivity contribution is -0.158. The minimum absolute atomic E-state index is 0.0225. The molecule has 5 atom stereocenters. The Morgan fingerprint density at radius 3 is 1.60 bits per heavy atom. The van der Waals surface area contributed by atoms with Crippen LogP contribution in [0.1, 0.15) is 62.3 Å². The van der Waals surface area contributed by atoms with E-state index in [-0.39, 0.29) is 29.4 Å². The monoisotopic (exact) mass is 864 g/mol. The first-order valence-electron chi connectivity index (χ1n) is 21.5. The number of hydrogen-bond acceptors (Lipinski definition) is 7. The Morgan fingerprint density at radius 1 is 0.694 bits per heavy atom. The van der Waals surface area contributed by atoms with Crippen molar-refractivity contribution in [2.45, 2.75) is 102 Å². The lowest BCUT2D eigenvalue weighted by Gasteiger charge is -2.48. The van der Waals surface area contributed by atoms with Gasteiger partial charge in [0.05, 0.1) is 11.5 Å². The topological polar surface area (TPSA) is 75.8 Å². The van der Waals surface area contributed by atoms with Crippen LogP contribution in [0.25, 0.3) is 0 Å². The van der Waals surface area contributed by atoms with Gasteiger partial charge in [0.2, 0.25) is 0 Å². The van der Waals surface area contributed by atoms with Gasteiger partial charge in [-0.1, -0.05) is 187 Å². The molecule has 1 aliphatic heterocycles. The quantitative estimate of drug-likeness (QED) is 0.0428. The molecule has 0 bridgehead atoms. The smallest absolute Gasteiger partial charge is 0.311 e. The molecule has 7 nitrogen and oxygen atoms in total. The van der Waals surface area contributed by atoms with Crippen molar-refractivity contribution < 1.29 is 32.6 Å². The van der Waals surface area contributed by atoms with Crippen LogP contribution < -0.4 is 20.7 Å². The van der Waals surface area contributed by atoms with Gasteiger partial charge in [-0.2, -0.15) is 0 Å². The summed E-state index contributed by atoms with van der Waals surface area (Å²) >= 11 is 0. The Hall–Kier alpha value is -4.82. The summed E-state index contributed by atoms with van der Waals surface area (Å²) in [5, 5.41) is 3.95. The first-order valence-corrected chi connectivity index (χ1v) is 25.3. The molecule has 1 saturated heterocycles. The Kier molecular flexibility index (Phi) is 12.9. The molecule has 9 heteroatoms.